The van der Waals surface area contributed by atoms with E-state index < -0.39 is 17.4 Å². The van der Waals surface area contributed by atoms with E-state index in [1.165, 1.54) is 18.4 Å². The van der Waals surface area contributed by atoms with Crippen molar-refractivity contribution in [3.05, 3.63) is 76.0 Å². The molecule has 0 saturated carbocycles. The van der Waals surface area contributed by atoms with Crippen LogP contribution < -0.4 is 14.8 Å². The van der Waals surface area contributed by atoms with Gasteiger partial charge < -0.3 is 19.6 Å². The smallest absolute Gasteiger partial charge is 0.277 e. The quantitative estimate of drug-likeness (QED) is 0.563. The van der Waals surface area contributed by atoms with Crippen LogP contribution in [0.5, 0.6) is 11.5 Å². The number of anilines is 1. The van der Waals surface area contributed by atoms with Crippen molar-refractivity contribution in [1.29, 1.82) is 5.26 Å². The minimum atomic E-state index is -1.61. The Morgan fingerprint density at radius 1 is 1.24 bits per heavy atom. The van der Waals surface area contributed by atoms with Gasteiger partial charge in [0.1, 0.15) is 17.7 Å². The number of hydrogen-bond donors (Lipinski definition) is 1. The number of nitrogens with zero attached hydrogens (tertiary/aromatic N) is 2. The number of thiophene rings is 1. The zero-order valence-corrected chi connectivity index (χ0v) is 18.2. The molecular formula is C24H17N3O5S. The first-order valence-electron chi connectivity index (χ1n) is 10.0. The molecule has 33 heavy (non-hydrogen) atoms. The summed E-state index contributed by atoms with van der Waals surface area (Å²) in [6.45, 7) is -0.140. The van der Waals surface area contributed by atoms with E-state index in [9.17, 15) is 9.59 Å². The minimum absolute atomic E-state index is 0.140. The Labute approximate surface area is 193 Å². The Morgan fingerprint density at radius 2 is 2.09 bits per heavy atom. The molecular weight excluding hydrogens is 442 g/mol. The number of benzene rings is 2. The van der Waals surface area contributed by atoms with Crippen LogP contribution in [0.1, 0.15) is 20.8 Å². The summed E-state index contributed by atoms with van der Waals surface area (Å²) in [4.78, 5) is 33.4. The lowest BCUT2D eigenvalue weighted by molar-refractivity contribution is -0.140. The fraction of sp³-hybridized carbons (Fsp3) is 0.167. The van der Waals surface area contributed by atoms with Gasteiger partial charge in [0.05, 0.1) is 12.0 Å². The molecule has 9 heteroatoms. The summed E-state index contributed by atoms with van der Waals surface area (Å²) in [5, 5.41) is 17.7. The van der Waals surface area contributed by atoms with Crippen molar-refractivity contribution in [3.63, 3.8) is 0 Å². The highest BCUT2D eigenvalue weighted by Gasteiger charge is 2.63. The molecule has 1 spiro atoms. The lowest BCUT2D eigenvalue weighted by Crippen LogP contribution is -2.46. The molecule has 2 unspecified atom stereocenters. The number of ether oxygens (including phenoxy) is 2. The van der Waals surface area contributed by atoms with Crippen LogP contribution >= 0.6 is 11.3 Å². The Balaban J connectivity index is 1.64. The fourth-order valence-corrected chi connectivity index (χ4v) is 4.89. The largest absolute Gasteiger partial charge is 0.493 e. The minimum Gasteiger partial charge on any atom is -0.493 e. The number of nitriles is 1. The number of oxime groups is 1. The average Bonchev–Trinajstić information content (AvgIpc) is 3.57. The molecule has 1 aromatic heterocycles. The van der Waals surface area contributed by atoms with Crippen molar-refractivity contribution >= 4 is 34.4 Å². The zero-order valence-electron chi connectivity index (χ0n) is 17.4. The SMILES string of the molecule is COc1cc(C2=NOC3(C(=O)Nc4ccccc43)C2C(=O)c2cccs2)ccc1OCC#N. The summed E-state index contributed by atoms with van der Waals surface area (Å²) < 4.78 is 10.8. The summed E-state index contributed by atoms with van der Waals surface area (Å²) in [5.74, 6) is -0.988. The first kappa shape index (κ1) is 20.7. The predicted octanol–water partition coefficient (Wildman–Crippen LogP) is 3.74. The third-order valence-electron chi connectivity index (χ3n) is 5.66. The van der Waals surface area contributed by atoms with Crippen molar-refractivity contribution in [2.24, 2.45) is 11.1 Å². The summed E-state index contributed by atoms with van der Waals surface area (Å²) in [5.41, 5.74) is 0.381. The number of fused-ring (bicyclic) bond motifs is 2. The molecule has 2 aromatic carbocycles. The second-order valence-corrected chi connectivity index (χ2v) is 8.34. The second kappa shape index (κ2) is 8.07. The Kier molecular flexibility index (Phi) is 5.07. The van der Waals surface area contributed by atoms with Crippen LogP contribution in [0.25, 0.3) is 0 Å². The maximum absolute atomic E-state index is 13.7. The van der Waals surface area contributed by atoms with Gasteiger partial charge in [-0.15, -0.1) is 11.3 Å². The van der Waals surface area contributed by atoms with Gasteiger partial charge in [0.15, 0.2) is 23.9 Å². The lowest BCUT2D eigenvalue weighted by Gasteiger charge is -2.26. The molecule has 8 nitrogen and oxygen atoms in total. The van der Waals surface area contributed by atoms with Crippen LogP contribution in [-0.2, 0) is 15.2 Å². The van der Waals surface area contributed by atoms with E-state index in [0.29, 0.717) is 38.9 Å². The number of amides is 1. The molecule has 0 fully saturated rings. The van der Waals surface area contributed by atoms with Gasteiger partial charge in [-0.1, -0.05) is 29.4 Å². The number of methoxy groups -OCH3 is 1. The van der Waals surface area contributed by atoms with Gasteiger partial charge >= 0.3 is 0 Å². The fourth-order valence-electron chi connectivity index (χ4n) is 4.20. The van der Waals surface area contributed by atoms with Gasteiger partial charge in [-0.25, -0.2) is 0 Å². The molecule has 0 saturated heterocycles. The summed E-state index contributed by atoms with van der Waals surface area (Å²) >= 11 is 1.29. The van der Waals surface area contributed by atoms with E-state index in [1.54, 1.807) is 60.0 Å². The van der Waals surface area contributed by atoms with Crippen LogP contribution in [0.4, 0.5) is 5.69 Å². The third kappa shape index (κ3) is 3.15. The molecule has 1 amide bonds. The van der Waals surface area contributed by atoms with E-state index in [-0.39, 0.29) is 12.4 Å². The predicted molar refractivity (Wildman–Crippen MR) is 121 cm³/mol. The van der Waals surface area contributed by atoms with Crippen molar-refractivity contribution in [3.8, 4) is 17.6 Å². The number of hydrogen-bond acceptors (Lipinski definition) is 8. The molecule has 2 aliphatic heterocycles. The number of Topliss-reactive ketones (excluding diaryl/α,β-unsaturated/α-hetero) is 1. The van der Waals surface area contributed by atoms with Crippen molar-refractivity contribution in [2.75, 3.05) is 19.0 Å². The van der Waals surface area contributed by atoms with Gasteiger partial charge in [-0.2, -0.15) is 5.26 Å². The Hall–Kier alpha value is -4.16. The van der Waals surface area contributed by atoms with Crippen molar-refractivity contribution in [2.45, 2.75) is 5.60 Å². The van der Waals surface area contributed by atoms with Crippen molar-refractivity contribution < 1.29 is 23.9 Å². The van der Waals surface area contributed by atoms with Crippen LogP contribution in [-0.4, -0.2) is 31.1 Å². The average molecular weight is 459 g/mol. The summed E-state index contributed by atoms with van der Waals surface area (Å²) in [6, 6.07) is 17.5. The van der Waals surface area contributed by atoms with Gasteiger partial charge in [-0.3, -0.25) is 9.59 Å². The molecule has 0 aliphatic carbocycles. The van der Waals surface area contributed by atoms with Gasteiger partial charge in [-0.05, 0) is 35.7 Å². The van der Waals surface area contributed by atoms with Crippen molar-refractivity contribution in [1.82, 2.24) is 0 Å². The third-order valence-corrected chi connectivity index (χ3v) is 6.54. The highest BCUT2D eigenvalue weighted by Crippen LogP contribution is 2.50. The molecule has 2 aliphatic rings. The number of ketones is 1. The molecule has 5 rings (SSSR count). The maximum atomic E-state index is 13.7. The van der Waals surface area contributed by atoms with Crippen LogP contribution in [0.3, 0.4) is 0 Å². The summed E-state index contributed by atoms with van der Waals surface area (Å²) in [6.07, 6.45) is 0. The first-order valence-corrected chi connectivity index (χ1v) is 10.9. The van der Waals surface area contributed by atoms with E-state index in [0.717, 1.165) is 0 Å². The van der Waals surface area contributed by atoms with E-state index >= 15 is 0 Å². The van der Waals surface area contributed by atoms with E-state index in [1.807, 2.05) is 6.07 Å². The molecule has 0 radical (unpaired) electrons. The highest BCUT2D eigenvalue weighted by molar-refractivity contribution is 7.12. The van der Waals surface area contributed by atoms with Gasteiger partial charge in [0.2, 0.25) is 0 Å². The van der Waals surface area contributed by atoms with Gasteiger partial charge in [0.25, 0.3) is 11.5 Å². The van der Waals surface area contributed by atoms with Crippen LogP contribution in [0.15, 0.2) is 65.1 Å². The molecule has 1 N–H and O–H groups in total. The zero-order chi connectivity index (χ0) is 23.0. The normalized spacial score (nSPS) is 20.4. The molecule has 164 valence electrons. The van der Waals surface area contributed by atoms with E-state index in [2.05, 4.69) is 10.5 Å². The Bertz CT molecular complexity index is 1330. The Morgan fingerprint density at radius 3 is 2.85 bits per heavy atom. The van der Waals surface area contributed by atoms with Crippen LogP contribution in [0.2, 0.25) is 0 Å². The number of nitrogens with one attached hydrogen (secondary N) is 1. The molecule has 2 atom stereocenters. The van der Waals surface area contributed by atoms with Gasteiger partial charge in [0, 0.05) is 16.8 Å². The number of rotatable bonds is 6. The van der Waals surface area contributed by atoms with E-state index in [4.69, 9.17) is 19.6 Å². The monoisotopic (exact) mass is 459 g/mol. The number of para-hydroxylation sites is 1. The topological polar surface area (TPSA) is 110 Å². The molecule has 3 aromatic rings. The number of carbonyl (C=O) groups excluding carboxylic acids is 2. The lowest BCUT2D eigenvalue weighted by atomic mass is 9.75. The maximum Gasteiger partial charge on any atom is 0.277 e. The molecule has 0 bridgehead atoms. The standard InChI is InChI=1S/C24H17N3O5S/c1-30-18-13-14(8-9-17(18)31-11-10-25)21-20(22(28)19-7-4-12-33-19)24(32-27-21)15-5-2-3-6-16(15)26-23(24)29/h2-9,12-13,20H,11H2,1H3,(H,26,29). The molecule has 3 heterocycles. The number of carbonyl (C=O) groups is 2. The second-order valence-electron chi connectivity index (χ2n) is 7.39. The summed E-state index contributed by atoms with van der Waals surface area (Å²) in [7, 11) is 1.47. The van der Waals surface area contributed by atoms with Crippen LogP contribution in [0, 0.1) is 17.2 Å². The highest BCUT2D eigenvalue weighted by atomic mass is 32.1. The first-order chi connectivity index (χ1) is 16.1.